The van der Waals surface area contributed by atoms with Crippen molar-refractivity contribution in [3.8, 4) is 0 Å². The zero-order valence-corrected chi connectivity index (χ0v) is 14.2. The predicted molar refractivity (Wildman–Crippen MR) is 96.1 cm³/mol. The molecule has 0 aliphatic carbocycles. The summed E-state index contributed by atoms with van der Waals surface area (Å²) in [5.74, 6) is 1.30. The minimum atomic E-state index is -0.394. The summed E-state index contributed by atoms with van der Waals surface area (Å²) in [7, 11) is 3.70. The van der Waals surface area contributed by atoms with Crippen molar-refractivity contribution in [3.05, 3.63) is 34.4 Å². The molecule has 132 valence electrons. The van der Waals surface area contributed by atoms with Crippen LogP contribution < -0.4 is 20.4 Å². The lowest BCUT2D eigenvalue weighted by atomic mass is 10.2. The van der Waals surface area contributed by atoms with Gasteiger partial charge < -0.3 is 20.4 Å². The first-order chi connectivity index (χ1) is 11.9. The van der Waals surface area contributed by atoms with Crippen molar-refractivity contribution in [2.45, 2.75) is 0 Å². The number of nitro benzene ring substituents is 1. The van der Waals surface area contributed by atoms with E-state index in [1.165, 1.54) is 12.1 Å². The quantitative estimate of drug-likeness (QED) is 0.633. The number of nitro groups is 1. The highest BCUT2D eigenvalue weighted by molar-refractivity contribution is 5.52. The molecule has 25 heavy (non-hydrogen) atoms. The Hall–Kier alpha value is -3.17. The van der Waals surface area contributed by atoms with Crippen molar-refractivity contribution in [1.29, 1.82) is 0 Å². The Morgan fingerprint density at radius 3 is 2.20 bits per heavy atom. The van der Waals surface area contributed by atoms with Gasteiger partial charge in [-0.25, -0.2) is 0 Å². The highest BCUT2D eigenvalue weighted by atomic mass is 16.6. The molecule has 0 saturated carbocycles. The maximum absolute atomic E-state index is 10.7. The molecule has 1 saturated heterocycles. The number of nitrogens with two attached hydrogens (primary N) is 1. The van der Waals surface area contributed by atoms with Gasteiger partial charge in [0.15, 0.2) is 0 Å². The van der Waals surface area contributed by atoms with Gasteiger partial charge in [-0.3, -0.25) is 10.1 Å². The zero-order chi connectivity index (χ0) is 18.0. The second kappa shape index (κ2) is 6.75. The summed E-state index contributed by atoms with van der Waals surface area (Å²) >= 11 is 0. The monoisotopic (exact) mass is 344 g/mol. The van der Waals surface area contributed by atoms with E-state index in [1.807, 2.05) is 14.1 Å². The Kier molecular flexibility index (Phi) is 4.50. The molecule has 1 aliphatic rings. The standard InChI is InChI=1S/C15H20N8O2/c1-20(2)14-17-13(16)18-15(19-14)22-9-7-21(8-10-22)11-3-5-12(6-4-11)23(24)25/h3-6H,7-10H2,1-2H3,(H2,16,17,18,19). The molecule has 0 atom stereocenters. The average Bonchev–Trinajstić information content (AvgIpc) is 2.61. The largest absolute Gasteiger partial charge is 0.368 e. The number of piperazine rings is 1. The van der Waals surface area contributed by atoms with Gasteiger partial charge in [-0.05, 0) is 12.1 Å². The first kappa shape index (κ1) is 16.7. The summed E-state index contributed by atoms with van der Waals surface area (Å²) in [4.78, 5) is 29.2. The summed E-state index contributed by atoms with van der Waals surface area (Å²) in [6.45, 7) is 2.99. The Balaban J connectivity index is 1.68. The summed E-state index contributed by atoms with van der Waals surface area (Å²) in [6, 6.07) is 6.60. The Labute approximate surface area is 145 Å². The van der Waals surface area contributed by atoms with Crippen LogP contribution in [0.15, 0.2) is 24.3 Å². The first-order valence-electron chi connectivity index (χ1n) is 7.87. The molecule has 1 aromatic carbocycles. The highest BCUT2D eigenvalue weighted by Gasteiger charge is 2.21. The third kappa shape index (κ3) is 3.67. The van der Waals surface area contributed by atoms with Crippen LogP contribution in [-0.2, 0) is 0 Å². The molecule has 1 aliphatic heterocycles. The number of nitrogens with zero attached hydrogens (tertiary/aromatic N) is 7. The van der Waals surface area contributed by atoms with Crippen LogP contribution in [0.2, 0.25) is 0 Å². The number of benzene rings is 1. The molecule has 3 rings (SSSR count). The molecule has 0 bridgehead atoms. The lowest BCUT2D eigenvalue weighted by Crippen LogP contribution is -2.47. The van der Waals surface area contributed by atoms with Crippen molar-refractivity contribution in [2.75, 3.05) is 60.7 Å². The molecule has 2 heterocycles. The second-order valence-electron chi connectivity index (χ2n) is 5.94. The minimum absolute atomic E-state index is 0.0965. The van der Waals surface area contributed by atoms with Crippen molar-refractivity contribution in [3.63, 3.8) is 0 Å². The number of anilines is 4. The molecule has 1 aromatic heterocycles. The minimum Gasteiger partial charge on any atom is -0.368 e. The number of non-ortho nitro benzene ring substituents is 1. The van der Waals surface area contributed by atoms with Crippen LogP contribution in [0.3, 0.4) is 0 Å². The van der Waals surface area contributed by atoms with Gasteiger partial charge in [0.1, 0.15) is 0 Å². The normalized spacial score (nSPS) is 14.5. The van der Waals surface area contributed by atoms with E-state index in [1.54, 1.807) is 17.0 Å². The third-order valence-electron chi connectivity index (χ3n) is 4.02. The van der Waals surface area contributed by atoms with Crippen LogP contribution in [0, 0.1) is 10.1 Å². The number of hydrogen-bond acceptors (Lipinski definition) is 9. The number of rotatable bonds is 4. The van der Waals surface area contributed by atoms with Crippen molar-refractivity contribution in [1.82, 2.24) is 15.0 Å². The van der Waals surface area contributed by atoms with Crippen molar-refractivity contribution < 1.29 is 4.92 Å². The Morgan fingerprint density at radius 1 is 1.04 bits per heavy atom. The summed E-state index contributed by atoms with van der Waals surface area (Å²) in [6.07, 6.45) is 0. The smallest absolute Gasteiger partial charge is 0.269 e. The molecule has 0 spiro atoms. The topological polar surface area (TPSA) is 118 Å². The molecule has 1 fully saturated rings. The molecule has 0 radical (unpaired) electrons. The Morgan fingerprint density at radius 2 is 1.64 bits per heavy atom. The van der Waals surface area contributed by atoms with E-state index < -0.39 is 4.92 Å². The lowest BCUT2D eigenvalue weighted by Gasteiger charge is -2.36. The maximum atomic E-state index is 10.7. The van der Waals surface area contributed by atoms with Crippen LogP contribution in [0.25, 0.3) is 0 Å². The van der Waals surface area contributed by atoms with Gasteiger partial charge >= 0.3 is 0 Å². The second-order valence-corrected chi connectivity index (χ2v) is 5.94. The van der Waals surface area contributed by atoms with E-state index in [0.29, 0.717) is 11.9 Å². The molecule has 10 heteroatoms. The first-order valence-corrected chi connectivity index (χ1v) is 7.87. The van der Waals surface area contributed by atoms with Crippen LogP contribution in [0.1, 0.15) is 0 Å². The fraction of sp³-hybridized carbons (Fsp3) is 0.400. The number of nitrogen functional groups attached to an aromatic ring is 1. The van der Waals surface area contributed by atoms with E-state index in [9.17, 15) is 10.1 Å². The van der Waals surface area contributed by atoms with Gasteiger partial charge in [0.25, 0.3) is 5.69 Å². The Bertz CT molecular complexity index is 757. The van der Waals surface area contributed by atoms with E-state index in [2.05, 4.69) is 24.8 Å². The van der Waals surface area contributed by atoms with E-state index in [4.69, 9.17) is 5.73 Å². The van der Waals surface area contributed by atoms with E-state index in [-0.39, 0.29) is 11.6 Å². The van der Waals surface area contributed by atoms with Gasteiger partial charge in [0.2, 0.25) is 17.8 Å². The van der Waals surface area contributed by atoms with Crippen LogP contribution in [-0.4, -0.2) is 60.1 Å². The van der Waals surface area contributed by atoms with Crippen molar-refractivity contribution in [2.24, 2.45) is 0 Å². The summed E-state index contributed by atoms with van der Waals surface area (Å²) in [5, 5.41) is 10.7. The fourth-order valence-electron chi connectivity index (χ4n) is 2.66. The molecule has 10 nitrogen and oxygen atoms in total. The number of hydrogen-bond donors (Lipinski definition) is 1. The van der Waals surface area contributed by atoms with Gasteiger partial charge in [-0.1, -0.05) is 0 Å². The lowest BCUT2D eigenvalue weighted by molar-refractivity contribution is -0.384. The number of aromatic nitrogens is 3. The van der Waals surface area contributed by atoms with Gasteiger partial charge in [-0.2, -0.15) is 15.0 Å². The van der Waals surface area contributed by atoms with Crippen LogP contribution in [0.5, 0.6) is 0 Å². The molecule has 2 aromatic rings. The predicted octanol–water partition coefficient (Wildman–Crippen LogP) is 0.755. The third-order valence-corrected chi connectivity index (χ3v) is 4.02. The molecule has 0 unspecified atom stereocenters. The van der Waals surface area contributed by atoms with E-state index >= 15 is 0 Å². The van der Waals surface area contributed by atoms with Gasteiger partial charge in [0.05, 0.1) is 4.92 Å². The van der Waals surface area contributed by atoms with Crippen LogP contribution >= 0.6 is 0 Å². The summed E-state index contributed by atoms with van der Waals surface area (Å²) in [5.41, 5.74) is 6.84. The van der Waals surface area contributed by atoms with Crippen LogP contribution in [0.4, 0.5) is 29.2 Å². The van der Waals surface area contributed by atoms with Gasteiger partial charge in [0, 0.05) is 58.1 Å². The van der Waals surface area contributed by atoms with E-state index in [0.717, 1.165) is 31.9 Å². The highest BCUT2D eigenvalue weighted by Crippen LogP contribution is 2.22. The van der Waals surface area contributed by atoms with Crippen molar-refractivity contribution >= 4 is 29.2 Å². The zero-order valence-electron chi connectivity index (χ0n) is 14.2. The molecule has 2 N–H and O–H groups in total. The SMILES string of the molecule is CN(C)c1nc(N)nc(N2CCN(c3ccc([N+](=O)[O-])cc3)CC2)n1. The molecular weight excluding hydrogens is 324 g/mol. The summed E-state index contributed by atoms with van der Waals surface area (Å²) < 4.78 is 0. The average molecular weight is 344 g/mol. The molecular formula is C15H20N8O2. The van der Waals surface area contributed by atoms with Gasteiger partial charge in [-0.15, -0.1) is 0 Å². The maximum Gasteiger partial charge on any atom is 0.269 e. The fourth-order valence-corrected chi connectivity index (χ4v) is 2.66. The molecule has 0 amide bonds.